The first-order valence-corrected chi connectivity index (χ1v) is 8.71. The largest absolute Gasteiger partial charge is 0.368 e. The predicted molar refractivity (Wildman–Crippen MR) is 89.6 cm³/mol. The minimum absolute atomic E-state index is 0.245. The second-order valence-electron chi connectivity index (χ2n) is 5.31. The Balaban J connectivity index is 2.13. The number of benzene rings is 1. The lowest BCUT2D eigenvalue weighted by atomic mass is 10.2. The van der Waals surface area contributed by atoms with Crippen molar-refractivity contribution in [2.45, 2.75) is 38.1 Å². The van der Waals surface area contributed by atoms with Crippen LogP contribution in [0.25, 0.3) is 0 Å². The second-order valence-corrected chi connectivity index (χ2v) is 6.99. The molecule has 2 rings (SSSR count). The number of rotatable bonds is 6. The van der Waals surface area contributed by atoms with Gasteiger partial charge in [-0.1, -0.05) is 19.1 Å². The number of aromatic nitrogens is 1. The first kappa shape index (κ1) is 16.3. The molecule has 0 aliphatic carbocycles. The SMILES string of the molecule is CCC(C)Nc1ccc(NS(=O)(=O)c2cccc(C)c2)cn1. The summed E-state index contributed by atoms with van der Waals surface area (Å²) in [6.45, 7) is 6.01. The van der Waals surface area contributed by atoms with Gasteiger partial charge in [0.25, 0.3) is 10.0 Å². The molecule has 0 aliphatic heterocycles. The normalized spacial score (nSPS) is 12.7. The number of anilines is 2. The summed E-state index contributed by atoms with van der Waals surface area (Å²) < 4.78 is 27.2. The maximum absolute atomic E-state index is 12.3. The number of pyridine rings is 1. The molecule has 1 atom stereocenters. The summed E-state index contributed by atoms with van der Waals surface area (Å²) in [5, 5.41) is 3.23. The highest BCUT2D eigenvalue weighted by Crippen LogP contribution is 2.17. The first-order chi connectivity index (χ1) is 10.4. The van der Waals surface area contributed by atoms with Gasteiger partial charge in [-0.3, -0.25) is 4.72 Å². The Bertz CT molecular complexity index is 727. The fourth-order valence-corrected chi connectivity index (χ4v) is 3.04. The van der Waals surface area contributed by atoms with Gasteiger partial charge in [0.15, 0.2) is 0 Å². The Morgan fingerprint density at radius 2 is 2.00 bits per heavy atom. The maximum atomic E-state index is 12.3. The Labute approximate surface area is 131 Å². The highest BCUT2D eigenvalue weighted by atomic mass is 32.2. The number of hydrogen-bond donors (Lipinski definition) is 2. The summed E-state index contributed by atoms with van der Waals surface area (Å²) in [6, 6.07) is 10.6. The van der Waals surface area contributed by atoms with Gasteiger partial charge in [-0.2, -0.15) is 0 Å². The van der Waals surface area contributed by atoms with E-state index in [1.54, 1.807) is 30.3 Å². The van der Waals surface area contributed by atoms with Crippen molar-refractivity contribution in [3.8, 4) is 0 Å². The molecule has 22 heavy (non-hydrogen) atoms. The average Bonchev–Trinajstić information content (AvgIpc) is 2.49. The average molecular weight is 319 g/mol. The number of nitrogens with zero attached hydrogens (tertiary/aromatic N) is 1. The lowest BCUT2D eigenvalue weighted by Crippen LogP contribution is -2.15. The molecule has 0 bridgehead atoms. The van der Waals surface area contributed by atoms with Crippen molar-refractivity contribution in [3.05, 3.63) is 48.2 Å². The van der Waals surface area contributed by atoms with Gasteiger partial charge in [-0.05, 0) is 50.1 Å². The number of aryl methyl sites for hydroxylation is 1. The van der Waals surface area contributed by atoms with Crippen LogP contribution in [0.5, 0.6) is 0 Å². The monoisotopic (exact) mass is 319 g/mol. The number of sulfonamides is 1. The molecule has 0 saturated heterocycles. The van der Waals surface area contributed by atoms with Gasteiger partial charge in [0, 0.05) is 6.04 Å². The molecule has 0 fully saturated rings. The van der Waals surface area contributed by atoms with Gasteiger partial charge in [-0.25, -0.2) is 13.4 Å². The maximum Gasteiger partial charge on any atom is 0.261 e. The van der Waals surface area contributed by atoms with Crippen molar-refractivity contribution in [1.82, 2.24) is 4.98 Å². The summed E-state index contributed by atoms with van der Waals surface area (Å²) >= 11 is 0. The zero-order valence-electron chi connectivity index (χ0n) is 13.0. The topological polar surface area (TPSA) is 71.1 Å². The Hall–Kier alpha value is -2.08. The summed E-state index contributed by atoms with van der Waals surface area (Å²) in [4.78, 5) is 4.47. The van der Waals surface area contributed by atoms with Crippen LogP contribution in [-0.2, 0) is 10.0 Å². The van der Waals surface area contributed by atoms with Crippen molar-refractivity contribution in [2.24, 2.45) is 0 Å². The van der Waals surface area contributed by atoms with E-state index in [0.717, 1.165) is 17.8 Å². The molecule has 0 radical (unpaired) electrons. The molecule has 118 valence electrons. The minimum atomic E-state index is -3.59. The van der Waals surface area contributed by atoms with Crippen LogP contribution in [0.1, 0.15) is 25.8 Å². The standard InChI is InChI=1S/C16H21N3O2S/c1-4-13(3)18-16-9-8-14(11-17-16)19-22(20,21)15-7-5-6-12(2)10-15/h5-11,13,19H,4H2,1-3H3,(H,17,18). The van der Waals surface area contributed by atoms with Crippen molar-refractivity contribution >= 4 is 21.5 Å². The van der Waals surface area contributed by atoms with Gasteiger partial charge < -0.3 is 5.32 Å². The molecular formula is C16H21N3O2S. The number of hydrogen-bond acceptors (Lipinski definition) is 4. The van der Waals surface area contributed by atoms with Gasteiger partial charge in [-0.15, -0.1) is 0 Å². The second kappa shape index (κ2) is 6.79. The molecule has 0 aliphatic rings. The van der Waals surface area contributed by atoms with Crippen molar-refractivity contribution in [1.29, 1.82) is 0 Å². The van der Waals surface area contributed by atoms with Crippen LogP contribution in [0.4, 0.5) is 11.5 Å². The molecular weight excluding hydrogens is 298 g/mol. The van der Waals surface area contributed by atoms with Gasteiger partial charge in [0.2, 0.25) is 0 Å². The van der Waals surface area contributed by atoms with E-state index in [2.05, 4.69) is 28.9 Å². The highest BCUT2D eigenvalue weighted by Gasteiger charge is 2.14. The Kier molecular flexibility index (Phi) is 5.03. The Morgan fingerprint density at radius 1 is 1.23 bits per heavy atom. The lowest BCUT2D eigenvalue weighted by molar-refractivity contribution is 0.601. The molecule has 1 aromatic heterocycles. The molecule has 1 unspecified atom stereocenters. The van der Waals surface area contributed by atoms with Crippen LogP contribution in [0.3, 0.4) is 0 Å². The van der Waals surface area contributed by atoms with Gasteiger partial charge in [0.1, 0.15) is 5.82 Å². The summed E-state index contributed by atoms with van der Waals surface area (Å²) in [5.41, 5.74) is 1.34. The van der Waals surface area contributed by atoms with E-state index in [9.17, 15) is 8.42 Å². The number of nitrogens with one attached hydrogen (secondary N) is 2. The van der Waals surface area contributed by atoms with E-state index in [1.165, 1.54) is 6.20 Å². The third kappa shape index (κ3) is 4.21. The highest BCUT2D eigenvalue weighted by molar-refractivity contribution is 7.92. The smallest absolute Gasteiger partial charge is 0.261 e. The molecule has 2 aromatic rings. The van der Waals surface area contributed by atoms with E-state index < -0.39 is 10.0 Å². The van der Waals surface area contributed by atoms with Gasteiger partial charge in [0.05, 0.1) is 16.8 Å². The molecule has 6 heteroatoms. The zero-order valence-corrected chi connectivity index (χ0v) is 13.8. The molecule has 1 heterocycles. The van der Waals surface area contributed by atoms with Gasteiger partial charge >= 0.3 is 0 Å². The van der Waals surface area contributed by atoms with E-state index in [-0.39, 0.29) is 4.90 Å². The zero-order chi connectivity index (χ0) is 16.2. The third-order valence-corrected chi connectivity index (χ3v) is 4.70. The van der Waals surface area contributed by atoms with Crippen LogP contribution in [0.2, 0.25) is 0 Å². The van der Waals surface area contributed by atoms with Crippen LogP contribution in [0, 0.1) is 6.92 Å². The van der Waals surface area contributed by atoms with E-state index >= 15 is 0 Å². The summed E-state index contributed by atoms with van der Waals surface area (Å²) in [7, 11) is -3.59. The fraction of sp³-hybridized carbons (Fsp3) is 0.312. The van der Waals surface area contributed by atoms with E-state index in [4.69, 9.17) is 0 Å². The Morgan fingerprint density at radius 3 is 2.59 bits per heavy atom. The summed E-state index contributed by atoms with van der Waals surface area (Å²) in [6.07, 6.45) is 2.50. The minimum Gasteiger partial charge on any atom is -0.368 e. The van der Waals surface area contributed by atoms with Crippen LogP contribution in [-0.4, -0.2) is 19.4 Å². The summed E-state index contributed by atoms with van der Waals surface area (Å²) in [5.74, 6) is 0.729. The van der Waals surface area contributed by atoms with Crippen molar-refractivity contribution in [2.75, 3.05) is 10.0 Å². The third-order valence-electron chi connectivity index (χ3n) is 3.32. The molecule has 0 spiro atoms. The van der Waals surface area contributed by atoms with Crippen LogP contribution >= 0.6 is 0 Å². The van der Waals surface area contributed by atoms with E-state index in [1.807, 2.05) is 13.0 Å². The van der Waals surface area contributed by atoms with E-state index in [0.29, 0.717) is 11.7 Å². The predicted octanol–water partition coefficient (Wildman–Crippen LogP) is 3.40. The quantitative estimate of drug-likeness (QED) is 0.856. The molecule has 1 aromatic carbocycles. The molecule has 0 saturated carbocycles. The fourth-order valence-electron chi connectivity index (χ4n) is 1.89. The molecule has 2 N–H and O–H groups in total. The lowest BCUT2D eigenvalue weighted by Gasteiger charge is -2.13. The van der Waals surface area contributed by atoms with Crippen LogP contribution in [0.15, 0.2) is 47.5 Å². The molecule has 5 nitrogen and oxygen atoms in total. The van der Waals surface area contributed by atoms with Crippen molar-refractivity contribution < 1.29 is 8.42 Å². The van der Waals surface area contributed by atoms with Crippen molar-refractivity contribution in [3.63, 3.8) is 0 Å². The first-order valence-electron chi connectivity index (χ1n) is 7.23. The molecule has 0 amide bonds. The van der Waals surface area contributed by atoms with Crippen LogP contribution < -0.4 is 10.0 Å².